The van der Waals surface area contributed by atoms with Gasteiger partial charge in [0, 0.05) is 11.9 Å². The lowest BCUT2D eigenvalue weighted by Gasteiger charge is -2.16. The van der Waals surface area contributed by atoms with Crippen LogP contribution in [0.4, 0.5) is 11.4 Å². The molecule has 0 spiro atoms. The Morgan fingerprint density at radius 1 is 1.30 bits per heavy atom. The van der Waals surface area contributed by atoms with Gasteiger partial charge in [0.05, 0.1) is 4.92 Å². The number of unbranched alkanes of at least 4 members (excludes halogenated alkanes) is 1. The number of nitro groups is 1. The van der Waals surface area contributed by atoms with Crippen molar-refractivity contribution in [1.82, 2.24) is 0 Å². The van der Waals surface area contributed by atoms with Crippen LogP contribution in [0.2, 0.25) is 0 Å². The zero-order chi connectivity index (χ0) is 16.8. The monoisotopic (exact) mass is 318 g/mol. The maximum atomic E-state index is 11.9. The molecule has 0 aliphatic carbocycles. The molecule has 124 valence electrons. The number of fused-ring (bicyclic) bond motifs is 1. The second-order valence-corrected chi connectivity index (χ2v) is 5.66. The van der Waals surface area contributed by atoms with Crippen LogP contribution in [0.25, 0.3) is 11.0 Å². The van der Waals surface area contributed by atoms with Crippen LogP contribution >= 0.6 is 0 Å². The Hall–Kier alpha value is -2.37. The van der Waals surface area contributed by atoms with Crippen LogP contribution in [0.5, 0.6) is 0 Å². The normalized spacial score (nSPS) is 12.3. The Kier molecular flexibility index (Phi) is 5.73. The summed E-state index contributed by atoms with van der Waals surface area (Å²) in [6, 6.07) is 6.86. The van der Waals surface area contributed by atoms with Crippen LogP contribution in [-0.2, 0) is 0 Å². The molecule has 0 fully saturated rings. The van der Waals surface area contributed by atoms with Crippen molar-refractivity contribution in [2.24, 2.45) is 5.92 Å². The van der Waals surface area contributed by atoms with Gasteiger partial charge in [-0.3, -0.25) is 10.1 Å². The summed E-state index contributed by atoms with van der Waals surface area (Å²) in [5.41, 5.74) is -0.823. The minimum absolute atomic E-state index is 0.261. The van der Waals surface area contributed by atoms with Crippen molar-refractivity contribution in [3.63, 3.8) is 0 Å². The summed E-state index contributed by atoms with van der Waals surface area (Å²) in [6.45, 7) is 4.85. The zero-order valence-corrected chi connectivity index (χ0v) is 13.5. The van der Waals surface area contributed by atoms with Crippen LogP contribution in [0, 0.1) is 16.0 Å². The Morgan fingerprint density at radius 3 is 2.70 bits per heavy atom. The van der Waals surface area contributed by atoms with Gasteiger partial charge in [-0.15, -0.1) is 0 Å². The predicted molar refractivity (Wildman–Crippen MR) is 90.9 cm³/mol. The van der Waals surface area contributed by atoms with E-state index in [4.69, 9.17) is 4.42 Å². The molecule has 0 radical (unpaired) electrons. The summed E-state index contributed by atoms with van der Waals surface area (Å²) in [5.74, 6) is 0.417. The Morgan fingerprint density at radius 2 is 2.04 bits per heavy atom. The molecule has 1 atom stereocenters. The molecule has 1 N–H and O–H groups in total. The number of nitrogens with one attached hydrogen (secondary N) is 1. The van der Waals surface area contributed by atoms with Crippen LogP contribution in [0.3, 0.4) is 0 Å². The quantitative estimate of drug-likeness (QED) is 0.445. The number of hydrogen-bond donors (Lipinski definition) is 1. The number of nitrogens with zero attached hydrogens (tertiary/aromatic N) is 1. The molecular formula is C17H22N2O4. The van der Waals surface area contributed by atoms with Crippen molar-refractivity contribution >= 4 is 22.3 Å². The highest BCUT2D eigenvalue weighted by atomic mass is 16.6. The fourth-order valence-electron chi connectivity index (χ4n) is 2.67. The first-order valence-corrected chi connectivity index (χ1v) is 8.02. The Bertz CT molecular complexity index is 739. The fourth-order valence-corrected chi connectivity index (χ4v) is 2.67. The van der Waals surface area contributed by atoms with Gasteiger partial charge in [-0.2, -0.15) is 0 Å². The Labute approximate surface area is 134 Å². The summed E-state index contributed by atoms with van der Waals surface area (Å²) in [6.07, 6.45) is 4.29. The van der Waals surface area contributed by atoms with Crippen LogP contribution in [0.15, 0.2) is 33.5 Å². The highest BCUT2D eigenvalue weighted by molar-refractivity contribution is 5.94. The lowest BCUT2D eigenvalue weighted by molar-refractivity contribution is -0.386. The molecule has 0 aliphatic rings. The molecule has 1 aromatic heterocycles. The molecule has 1 heterocycles. The van der Waals surface area contributed by atoms with E-state index in [1.54, 1.807) is 24.3 Å². The van der Waals surface area contributed by atoms with Gasteiger partial charge in [0.1, 0.15) is 11.3 Å². The first kappa shape index (κ1) is 17.0. The van der Waals surface area contributed by atoms with Gasteiger partial charge < -0.3 is 9.73 Å². The van der Waals surface area contributed by atoms with Crippen molar-refractivity contribution in [3.8, 4) is 0 Å². The predicted octanol–water partition coefficient (Wildman–Crippen LogP) is 4.33. The van der Waals surface area contributed by atoms with Crippen LogP contribution < -0.4 is 10.9 Å². The minimum Gasteiger partial charge on any atom is -0.418 e. The lowest BCUT2D eigenvalue weighted by atomic mass is 9.99. The molecule has 0 amide bonds. The van der Waals surface area contributed by atoms with Crippen molar-refractivity contribution in [1.29, 1.82) is 0 Å². The van der Waals surface area contributed by atoms with Crippen LogP contribution in [0.1, 0.15) is 39.5 Å². The van der Waals surface area contributed by atoms with E-state index < -0.39 is 16.2 Å². The number of rotatable bonds is 8. The molecule has 0 saturated carbocycles. The highest BCUT2D eigenvalue weighted by Crippen LogP contribution is 2.30. The number of hydrogen-bond acceptors (Lipinski definition) is 5. The average Bonchev–Trinajstić information content (AvgIpc) is 2.54. The first-order chi connectivity index (χ1) is 11.1. The molecular weight excluding hydrogens is 296 g/mol. The molecule has 1 aromatic carbocycles. The SMILES string of the molecule is CCCCC(CC)CNc1c([N+](=O)[O-])c(=O)oc2ccccc12. The summed E-state index contributed by atoms with van der Waals surface area (Å²) in [7, 11) is 0. The van der Waals surface area contributed by atoms with E-state index in [0.29, 0.717) is 23.4 Å². The second-order valence-electron chi connectivity index (χ2n) is 5.66. The van der Waals surface area contributed by atoms with Gasteiger partial charge in [-0.05, 0) is 24.5 Å². The molecule has 23 heavy (non-hydrogen) atoms. The maximum Gasteiger partial charge on any atom is 0.417 e. The Balaban J connectivity index is 2.39. The van der Waals surface area contributed by atoms with Crippen molar-refractivity contribution in [2.75, 3.05) is 11.9 Å². The van der Waals surface area contributed by atoms with Crippen LogP contribution in [-0.4, -0.2) is 11.5 Å². The summed E-state index contributed by atoms with van der Waals surface area (Å²) < 4.78 is 5.06. The van der Waals surface area contributed by atoms with Gasteiger partial charge in [0.25, 0.3) is 0 Å². The summed E-state index contributed by atoms with van der Waals surface area (Å²) in [4.78, 5) is 22.5. The molecule has 0 saturated heterocycles. The molecule has 2 aromatic rings. The van der Waals surface area contributed by atoms with E-state index >= 15 is 0 Å². The third kappa shape index (κ3) is 3.88. The topological polar surface area (TPSA) is 85.4 Å². The van der Waals surface area contributed by atoms with Crippen molar-refractivity contribution in [3.05, 3.63) is 44.8 Å². The van der Waals surface area contributed by atoms with Gasteiger partial charge in [0.2, 0.25) is 0 Å². The van der Waals surface area contributed by atoms with E-state index in [9.17, 15) is 14.9 Å². The molecule has 1 unspecified atom stereocenters. The fraction of sp³-hybridized carbons (Fsp3) is 0.471. The van der Waals surface area contributed by atoms with Gasteiger partial charge in [0.15, 0.2) is 0 Å². The van der Waals surface area contributed by atoms with E-state index in [1.165, 1.54) is 0 Å². The molecule has 0 aliphatic heterocycles. The summed E-state index contributed by atoms with van der Waals surface area (Å²) in [5, 5.41) is 15.0. The highest BCUT2D eigenvalue weighted by Gasteiger charge is 2.24. The zero-order valence-electron chi connectivity index (χ0n) is 13.5. The molecule has 2 rings (SSSR count). The number of para-hydroxylation sites is 1. The summed E-state index contributed by atoms with van der Waals surface area (Å²) >= 11 is 0. The van der Waals surface area contributed by atoms with Gasteiger partial charge in [-0.1, -0.05) is 45.2 Å². The number of anilines is 1. The van der Waals surface area contributed by atoms with E-state index in [0.717, 1.165) is 25.7 Å². The van der Waals surface area contributed by atoms with E-state index in [-0.39, 0.29) is 5.69 Å². The van der Waals surface area contributed by atoms with Crippen molar-refractivity contribution < 1.29 is 9.34 Å². The minimum atomic E-state index is -0.919. The largest absolute Gasteiger partial charge is 0.418 e. The molecule has 6 nitrogen and oxygen atoms in total. The maximum absolute atomic E-state index is 11.9. The van der Waals surface area contributed by atoms with Gasteiger partial charge in [-0.25, -0.2) is 4.79 Å². The lowest BCUT2D eigenvalue weighted by Crippen LogP contribution is -2.17. The third-order valence-corrected chi connectivity index (χ3v) is 4.08. The van der Waals surface area contributed by atoms with E-state index in [2.05, 4.69) is 19.2 Å². The standard InChI is InChI=1S/C17H22N2O4/c1-3-5-8-12(4-2)11-18-15-13-9-6-7-10-14(13)23-17(20)16(15)19(21)22/h6-7,9-10,12,18H,3-5,8,11H2,1-2H3. The van der Waals surface area contributed by atoms with E-state index in [1.807, 2.05) is 0 Å². The first-order valence-electron chi connectivity index (χ1n) is 8.02. The average molecular weight is 318 g/mol. The number of benzene rings is 1. The smallest absolute Gasteiger partial charge is 0.417 e. The second kappa shape index (κ2) is 7.76. The third-order valence-electron chi connectivity index (χ3n) is 4.08. The van der Waals surface area contributed by atoms with Gasteiger partial charge >= 0.3 is 11.3 Å². The molecule has 0 bridgehead atoms. The molecule has 6 heteroatoms. The van der Waals surface area contributed by atoms with Crippen molar-refractivity contribution in [2.45, 2.75) is 39.5 Å².